The number of aromatic hydroxyl groups is 1. The molecule has 0 aromatic heterocycles. The maximum Gasteiger partial charge on any atom is 0.492 e. The van der Waals surface area contributed by atoms with E-state index in [-0.39, 0.29) is 23.1 Å². The van der Waals surface area contributed by atoms with Crippen molar-refractivity contribution in [1.82, 2.24) is 5.32 Å². The zero-order chi connectivity index (χ0) is 27.2. The van der Waals surface area contributed by atoms with Crippen LogP contribution in [0.15, 0.2) is 17.6 Å². The van der Waals surface area contributed by atoms with Crippen molar-refractivity contribution < 1.29 is 23.9 Å². The largest absolute Gasteiger partial charge is 0.507 e. The average Bonchev–Trinajstić information content (AvgIpc) is 2.83. The Bertz CT molecular complexity index is 959. The number of carbonyl (C=O) groups excluding carboxylic acids is 1. The minimum Gasteiger partial charge on any atom is -0.507 e. The number of benzene rings is 1. The van der Waals surface area contributed by atoms with Gasteiger partial charge in [0.1, 0.15) is 11.4 Å². The number of nitrogens with one attached hydrogen (secondary N) is 1. The van der Waals surface area contributed by atoms with Crippen molar-refractivity contribution in [3.63, 3.8) is 0 Å². The van der Waals surface area contributed by atoms with E-state index < -0.39 is 30.0 Å². The smallest absolute Gasteiger partial charge is 0.492 e. The zero-order valence-corrected chi connectivity index (χ0v) is 24.1. The van der Waals surface area contributed by atoms with Crippen molar-refractivity contribution in [2.45, 2.75) is 118 Å². The summed E-state index contributed by atoms with van der Waals surface area (Å²) in [5, 5.41) is 14.1. The first-order valence-corrected chi connectivity index (χ1v) is 12.4. The van der Waals surface area contributed by atoms with Crippen LogP contribution in [0.3, 0.4) is 0 Å². The highest BCUT2D eigenvalue weighted by molar-refractivity contribution is 6.56. The molecule has 6 nitrogen and oxygen atoms in total. The first-order chi connectivity index (χ1) is 15.5. The molecule has 7 heteroatoms. The molecule has 1 aliphatic heterocycles. The molecular weight excluding hydrogens is 441 g/mol. The van der Waals surface area contributed by atoms with Gasteiger partial charge < -0.3 is 24.5 Å². The van der Waals surface area contributed by atoms with Crippen LogP contribution < -0.4 is 5.32 Å². The standard InChI is InChI=1S/C28H46BNO5/c1-24(2,3)19-14-18(22(31)21(16-19)25(4,5)6)15-20(17-30-23(32)33-26(7,8)9)29-34-27(10,11)28(12,13)35-29/h14-16,31H,17H2,1-13H3,(H,30,32). The van der Waals surface area contributed by atoms with Gasteiger partial charge in [0.15, 0.2) is 0 Å². The quantitative estimate of drug-likeness (QED) is 0.473. The molecule has 0 unspecified atom stereocenters. The van der Waals surface area contributed by atoms with Crippen LogP contribution in [-0.4, -0.2) is 41.7 Å². The number of amides is 1. The fraction of sp³-hybridized carbons (Fsp3) is 0.679. The molecule has 35 heavy (non-hydrogen) atoms. The van der Waals surface area contributed by atoms with E-state index in [1.165, 1.54) is 0 Å². The fourth-order valence-corrected chi connectivity index (χ4v) is 3.66. The normalized spacial score (nSPS) is 18.5. The maximum absolute atomic E-state index is 12.4. The zero-order valence-electron chi connectivity index (χ0n) is 24.1. The number of alkyl carbamates (subject to hydrolysis) is 1. The molecule has 1 saturated heterocycles. The van der Waals surface area contributed by atoms with Crippen LogP contribution in [0, 0.1) is 0 Å². The molecule has 0 atom stereocenters. The number of phenols is 1. The number of hydrogen-bond acceptors (Lipinski definition) is 5. The van der Waals surface area contributed by atoms with Crippen LogP contribution >= 0.6 is 0 Å². The second-order valence-electron chi connectivity index (χ2n) is 13.6. The number of ether oxygens (including phenoxy) is 1. The van der Waals surface area contributed by atoms with Crippen LogP contribution in [0.5, 0.6) is 5.75 Å². The Hall–Kier alpha value is -1.99. The molecule has 2 N–H and O–H groups in total. The van der Waals surface area contributed by atoms with Crippen molar-refractivity contribution >= 4 is 19.3 Å². The van der Waals surface area contributed by atoms with E-state index in [4.69, 9.17) is 14.0 Å². The van der Waals surface area contributed by atoms with Gasteiger partial charge >= 0.3 is 13.2 Å². The number of hydrogen-bond donors (Lipinski definition) is 2. The predicted molar refractivity (Wildman–Crippen MR) is 144 cm³/mol. The van der Waals surface area contributed by atoms with Crippen LogP contribution in [0.25, 0.3) is 6.08 Å². The topological polar surface area (TPSA) is 77.0 Å². The SMILES string of the molecule is CC(C)(C)OC(=O)NCC(=Cc1cc(C(C)(C)C)cc(C(C)(C)C)c1O)B1OC(C)(C)C(C)(C)O1. The van der Waals surface area contributed by atoms with Gasteiger partial charge in [-0.05, 0) is 76.4 Å². The van der Waals surface area contributed by atoms with Gasteiger partial charge in [-0.25, -0.2) is 4.79 Å². The van der Waals surface area contributed by atoms with E-state index in [1.54, 1.807) is 0 Å². The summed E-state index contributed by atoms with van der Waals surface area (Å²) >= 11 is 0. The predicted octanol–water partition coefficient (Wildman–Crippen LogP) is 6.53. The summed E-state index contributed by atoms with van der Waals surface area (Å²) in [6.45, 7) is 26.3. The van der Waals surface area contributed by atoms with Crippen molar-refractivity contribution in [3.8, 4) is 5.75 Å². The third-order valence-electron chi connectivity index (χ3n) is 6.55. The maximum atomic E-state index is 12.4. The van der Waals surface area contributed by atoms with Crippen molar-refractivity contribution in [2.75, 3.05) is 6.54 Å². The molecule has 0 aliphatic carbocycles. The van der Waals surface area contributed by atoms with Gasteiger partial charge in [-0.3, -0.25) is 0 Å². The Morgan fingerprint density at radius 1 is 0.971 bits per heavy atom. The summed E-state index contributed by atoms with van der Waals surface area (Å²) < 4.78 is 18.0. The highest BCUT2D eigenvalue weighted by atomic mass is 16.7. The van der Waals surface area contributed by atoms with E-state index in [0.717, 1.165) is 11.1 Å². The molecule has 0 radical (unpaired) electrons. The number of carbonyl (C=O) groups is 1. The lowest BCUT2D eigenvalue weighted by Crippen LogP contribution is -2.41. The van der Waals surface area contributed by atoms with Gasteiger partial charge in [0.05, 0.1) is 11.2 Å². The van der Waals surface area contributed by atoms with Gasteiger partial charge in [-0.1, -0.05) is 53.7 Å². The molecule has 1 aliphatic rings. The molecular formula is C28H46BNO5. The molecule has 0 bridgehead atoms. The summed E-state index contributed by atoms with van der Waals surface area (Å²) in [7, 11) is -0.689. The molecule has 196 valence electrons. The lowest BCUT2D eigenvalue weighted by molar-refractivity contribution is 0.00578. The third-order valence-corrected chi connectivity index (χ3v) is 6.55. The van der Waals surface area contributed by atoms with Gasteiger partial charge in [0.2, 0.25) is 0 Å². The third kappa shape index (κ3) is 7.26. The van der Waals surface area contributed by atoms with E-state index in [0.29, 0.717) is 11.0 Å². The lowest BCUT2D eigenvalue weighted by Gasteiger charge is -2.32. The molecule has 1 fully saturated rings. The van der Waals surface area contributed by atoms with E-state index in [1.807, 2.05) is 60.6 Å². The average molecular weight is 487 g/mol. The van der Waals surface area contributed by atoms with E-state index in [9.17, 15) is 9.90 Å². The molecule has 1 heterocycles. The Balaban J connectivity index is 2.60. The van der Waals surface area contributed by atoms with Crippen molar-refractivity contribution in [2.24, 2.45) is 0 Å². The lowest BCUT2D eigenvalue weighted by atomic mass is 9.75. The van der Waals surface area contributed by atoms with E-state index >= 15 is 0 Å². The molecule has 0 saturated carbocycles. The highest BCUT2D eigenvalue weighted by Gasteiger charge is 2.52. The molecule has 1 aromatic rings. The number of rotatable bonds is 4. The molecule has 1 aromatic carbocycles. The van der Waals surface area contributed by atoms with Crippen LogP contribution in [-0.2, 0) is 24.9 Å². The Kier molecular flexibility index (Phi) is 7.92. The fourth-order valence-electron chi connectivity index (χ4n) is 3.66. The second-order valence-corrected chi connectivity index (χ2v) is 13.6. The van der Waals surface area contributed by atoms with Gasteiger partial charge in [-0.15, -0.1) is 0 Å². The van der Waals surface area contributed by atoms with Gasteiger partial charge in [-0.2, -0.15) is 0 Å². The summed E-state index contributed by atoms with van der Waals surface area (Å²) in [5.74, 6) is 0.219. The second kappa shape index (κ2) is 9.47. The Labute approximate surface area is 213 Å². The highest BCUT2D eigenvalue weighted by Crippen LogP contribution is 2.41. The Morgan fingerprint density at radius 3 is 1.91 bits per heavy atom. The molecule has 0 spiro atoms. The summed E-state index contributed by atoms with van der Waals surface area (Å²) in [4.78, 5) is 12.4. The monoisotopic (exact) mass is 487 g/mol. The van der Waals surface area contributed by atoms with Crippen molar-refractivity contribution in [3.05, 3.63) is 34.3 Å². The first-order valence-electron chi connectivity index (χ1n) is 12.4. The van der Waals surface area contributed by atoms with Gasteiger partial charge in [0.25, 0.3) is 0 Å². The minimum absolute atomic E-state index is 0.116. The van der Waals surface area contributed by atoms with Crippen molar-refractivity contribution in [1.29, 1.82) is 0 Å². The Morgan fingerprint density at radius 2 is 1.49 bits per heavy atom. The first kappa shape index (κ1) is 29.2. The minimum atomic E-state index is -0.689. The summed E-state index contributed by atoms with van der Waals surface area (Å²) in [5.41, 5.74) is 1.25. The summed E-state index contributed by atoms with van der Waals surface area (Å²) in [6, 6.07) is 4.09. The molecule has 1 amide bonds. The van der Waals surface area contributed by atoms with Crippen LogP contribution in [0.1, 0.15) is 107 Å². The van der Waals surface area contributed by atoms with Crippen LogP contribution in [0.4, 0.5) is 4.79 Å². The summed E-state index contributed by atoms with van der Waals surface area (Å²) in [6.07, 6.45) is 1.35. The number of phenolic OH excluding ortho intramolecular Hbond substituents is 1. The van der Waals surface area contributed by atoms with Crippen LogP contribution in [0.2, 0.25) is 0 Å². The van der Waals surface area contributed by atoms with E-state index in [2.05, 4.69) is 52.9 Å². The van der Waals surface area contributed by atoms with Gasteiger partial charge in [0, 0.05) is 17.7 Å². The molecule has 2 rings (SSSR count).